The molecule has 0 amide bonds. The summed E-state index contributed by atoms with van der Waals surface area (Å²) in [5.74, 6) is 0.515. The molecule has 1 aromatic heterocycles. The molecule has 0 saturated heterocycles. The summed E-state index contributed by atoms with van der Waals surface area (Å²) in [6.45, 7) is 0.710. The van der Waals surface area contributed by atoms with E-state index in [2.05, 4.69) is 34.5 Å². The van der Waals surface area contributed by atoms with Crippen molar-refractivity contribution < 1.29 is 4.74 Å². The third-order valence-electron chi connectivity index (χ3n) is 3.81. The van der Waals surface area contributed by atoms with Gasteiger partial charge < -0.3 is 10.5 Å². The molecular weight excluding hydrogens is 270 g/mol. The SMILES string of the molecule is Nc1nnc(C2CCC(OCc3ccccc3)CC2)s1. The van der Waals surface area contributed by atoms with Crippen LogP contribution in [0.1, 0.15) is 42.2 Å². The molecule has 2 N–H and O–H groups in total. The summed E-state index contributed by atoms with van der Waals surface area (Å²) in [7, 11) is 0. The minimum atomic E-state index is 0.372. The van der Waals surface area contributed by atoms with E-state index in [0.717, 1.165) is 30.7 Å². The second-order valence-corrected chi connectivity index (χ2v) is 6.29. The summed E-state index contributed by atoms with van der Waals surface area (Å²) in [5, 5.41) is 9.72. The van der Waals surface area contributed by atoms with Crippen molar-refractivity contribution in [1.29, 1.82) is 0 Å². The van der Waals surface area contributed by atoms with Crippen LogP contribution in [0.25, 0.3) is 0 Å². The minimum absolute atomic E-state index is 0.372. The quantitative estimate of drug-likeness (QED) is 0.937. The molecule has 0 bridgehead atoms. The maximum atomic E-state index is 6.00. The van der Waals surface area contributed by atoms with Gasteiger partial charge in [0.1, 0.15) is 5.01 Å². The molecule has 1 fully saturated rings. The van der Waals surface area contributed by atoms with Crippen molar-refractivity contribution in [2.45, 2.75) is 44.3 Å². The van der Waals surface area contributed by atoms with E-state index in [9.17, 15) is 0 Å². The second-order valence-electron chi connectivity index (χ2n) is 5.25. The number of benzene rings is 1. The fourth-order valence-corrected chi connectivity index (χ4v) is 3.46. The number of nitrogen functional groups attached to an aromatic ring is 1. The average Bonchev–Trinajstić information content (AvgIpc) is 2.93. The predicted octanol–water partition coefficient (Wildman–Crippen LogP) is 3.36. The van der Waals surface area contributed by atoms with Gasteiger partial charge in [-0.3, -0.25) is 0 Å². The monoisotopic (exact) mass is 289 g/mol. The zero-order valence-electron chi connectivity index (χ0n) is 11.4. The van der Waals surface area contributed by atoms with E-state index in [1.54, 1.807) is 0 Å². The molecule has 20 heavy (non-hydrogen) atoms. The van der Waals surface area contributed by atoms with Crippen molar-refractivity contribution in [3.05, 3.63) is 40.9 Å². The first-order valence-corrected chi connectivity index (χ1v) is 7.87. The van der Waals surface area contributed by atoms with Crippen LogP contribution in [0.5, 0.6) is 0 Å². The normalized spacial score (nSPS) is 22.8. The van der Waals surface area contributed by atoms with Crippen molar-refractivity contribution in [2.75, 3.05) is 5.73 Å². The number of hydrogen-bond acceptors (Lipinski definition) is 5. The fourth-order valence-electron chi connectivity index (χ4n) is 2.68. The van der Waals surface area contributed by atoms with Crippen molar-refractivity contribution in [3.63, 3.8) is 0 Å². The first kappa shape index (κ1) is 13.5. The van der Waals surface area contributed by atoms with Gasteiger partial charge >= 0.3 is 0 Å². The van der Waals surface area contributed by atoms with E-state index in [4.69, 9.17) is 10.5 Å². The molecule has 3 rings (SSSR count). The fraction of sp³-hybridized carbons (Fsp3) is 0.467. The van der Waals surface area contributed by atoms with Crippen LogP contribution in [0, 0.1) is 0 Å². The van der Waals surface area contributed by atoms with Crippen LogP contribution >= 0.6 is 11.3 Å². The van der Waals surface area contributed by atoms with Gasteiger partial charge in [0.15, 0.2) is 0 Å². The second kappa shape index (κ2) is 6.33. The van der Waals surface area contributed by atoms with E-state index in [-0.39, 0.29) is 0 Å². The predicted molar refractivity (Wildman–Crippen MR) is 80.5 cm³/mol. The smallest absolute Gasteiger partial charge is 0.203 e. The first-order chi connectivity index (χ1) is 9.81. The summed E-state index contributed by atoms with van der Waals surface area (Å²) in [6, 6.07) is 10.3. The van der Waals surface area contributed by atoms with E-state index in [1.165, 1.54) is 16.9 Å². The molecule has 2 aromatic rings. The Balaban J connectivity index is 1.47. The molecular formula is C15H19N3OS. The number of nitrogens with two attached hydrogens (primary N) is 1. The van der Waals surface area contributed by atoms with Gasteiger partial charge in [0.05, 0.1) is 12.7 Å². The first-order valence-electron chi connectivity index (χ1n) is 7.05. The van der Waals surface area contributed by atoms with E-state index in [0.29, 0.717) is 23.8 Å². The Morgan fingerprint density at radius 1 is 1.10 bits per heavy atom. The maximum Gasteiger partial charge on any atom is 0.203 e. The molecule has 1 heterocycles. The number of hydrogen-bond donors (Lipinski definition) is 1. The van der Waals surface area contributed by atoms with Crippen LogP contribution in [0.2, 0.25) is 0 Å². The van der Waals surface area contributed by atoms with Crippen LogP contribution in [-0.4, -0.2) is 16.3 Å². The molecule has 4 nitrogen and oxygen atoms in total. The molecule has 1 aliphatic rings. The summed E-state index contributed by atoms with van der Waals surface area (Å²) in [6.07, 6.45) is 4.80. The van der Waals surface area contributed by atoms with E-state index >= 15 is 0 Å². The van der Waals surface area contributed by atoms with Crippen molar-refractivity contribution in [1.82, 2.24) is 10.2 Å². The lowest BCUT2D eigenvalue weighted by atomic mass is 9.88. The number of ether oxygens (including phenoxy) is 1. The van der Waals surface area contributed by atoms with Crippen LogP contribution in [-0.2, 0) is 11.3 Å². The summed E-state index contributed by atoms with van der Waals surface area (Å²) in [4.78, 5) is 0. The standard InChI is InChI=1S/C15H19N3OS/c16-15-18-17-14(20-15)12-6-8-13(9-7-12)19-10-11-4-2-1-3-5-11/h1-5,12-13H,6-10H2,(H2,16,18). The molecule has 106 valence electrons. The average molecular weight is 289 g/mol. The molecule has 1 aliphatic carbocycles. The van der Waals surface area contributed by atoms with Gasteiger partial charge in [0, 0.05) is 5.92 Å². The Morgan fingerprint density at radius 2 is 1.85 bits per heavy atom. The third kappa shape index (κ3) is 3.35. The highest BCUT2D eigenvalue weighted by atomic mass is 32.1. The topological polar surface area (TPSA) is 61.0 Å². The van der Waals surface area contributed by atoms with Gasteiger partial charge in [0.25, 0.3) is 0 Å². The summed E-state index contributed by atoms with van der Waals surface area (Å²) >= 11 is 1.52. The molecule has 1 saturated carbocycles. The molecule has 0 radical (unpaired) electrons. The van der Waals surface area contributed by atoms with Crippen LogP contribution < -0.4 is 5.73 Å². The zero-order chi connectivity index (χ0) is 13.8. The lowest BCUT2D eigenvalue weighted by molar-refractivity contribution is 0.0133. The highest BCUT2D eigenvalue weighted by Gasteiger charge is 2.25. The van der Waals surface area contributed by atoms with Crippen molar-refractivity contribution in [2.24, 2.45) is 0 Å². The van der Waals surface area contributed by atoms with Gasteiger partial charge in [-0.25, -0.2) is 0 Å². The Morgan fingerprint density at radius 3 is 2.50 bits per heavy atom. The lowest BCUT2D eigenvalue weighted by Crippen LogP contribution is -2.20. The van der Waals surface area contributed by atoms with Gasteiger partial charge in [0.2, 0.25) is 5.13 Å². The summed E-state index contributed by atoms with van der Waals surface area (Å²) in [5.41, 5.74) is 6.89. The molecule has 1 aromatic carbocycles. The van der Waals surface area contributed by atoms with Crippen LogP contribution in [0.4, 0.5) is 5.13 Å². The summed E-state index contributed by atoms with van der Waals surface area (Å²) < 4.78 is 6.00. The third-order valence-corrected chi connectivity index (χ3v) is 4.72. The maximum absolute atomic E-state index is 6.00. The molecule has 0 atom stereocenters. The number of nitrogens with zero attached hydrogens (tertiary/aromatic N) is 2. The number of anilines is 1. The molecule has 0 aliphatic heterocycles. The van der Waals surface area contributed by atoms with E-state index < -0.39 is 0 Å². The Bertz CT molecular complexity index is 535. The molecule has 0 spiro atoms. The van der Waals surface area contributed by atoms with Crippen molar-refractivity contribution in [3.8, 4) is 0 Å². The molecule has 5 heteroatoms. The van der Waals surface area contributed by atoms with Crippen molar-refractivity contribution >= 4 is 16.5 Å². The van der Waals surface area contributed by atoms with Crippen LogP contribution in [0.3, 0.4) is 0 Å². The highest BCUT2D eigenvalue weighted by Crippen LogP contribution is 2.35. The van der Waals surface area contributed by atoms with Gasteiger partial charge in [-0.05, 0) is 31.2 Å². The minimum Gasteiger partial charge on any atom is -0.374 e. The number of rotatable bonds is 4. The Labute approximate surface area is 123 Å². The van der Waals surface area contributed by atoms with Crippen LogP contribution in [0.15, 0.2) is 30.3 Å². The van der Waals surface area contributed by atoms with Gasteiger partial charge in [-0.15, -0.1) is 10.2 Å². The largest absolute Gasteiger partial charge is 0.374 e. The Kier molecular flexibility index (Phi) is 4.28. The highest BCUT2D eigenvalue weighted by molar-refractivity contribution is 7.15. The van der Waals surface area contributed by atoms with Gasteiger partial charge in [-0.1, -0.05) is 41.7 Å². The molecule has 0 unspecified atom stereocenters. The number of aromatic nitrogens is 2. The van der Waals surface area contributed by atoms with E-state index in [1.807, 2.05) is 6.07 Å². The lowest BCUT2D eigenvalue weighted by Gasteiger charge is -2.27. The Hall–Kier alpha value is -1.46. The zero-order valence-corrected chi connectivity index (χ0v) is 12.2. The van der Waals surface area contributed by atoms with Gasteiger partial charge in [-0.2, -0.15) is 0 Å².